The first-order chi connectivity index (χ1) is 0. The Hall–Kier alpha value is 3.12. The molecule has 0 nitrogen and oxygen atoms in total. The summed E-state index contributed by atoms with van der Waals surface area (Å²) < 4.78 is 0. The molecule has 0 atom stereocenters. The summed E-state index contributed by atoms with van der Waals surface area (Å²) in [6.07, 6.45) is 0. The fraction of sp³-hybridized carbons (Fsp3) is 0. The first-order valence-corrected chi connectivity index (χ1v) is 0. The quantitative estimate of drug-likeness (QED) is 0.518. The standard InChI is InChI=1S/6Cu. The van der Waals surface area contributed by atoms with Crippen LogP contribution in [0.2, 0.25) is 0 Å². The van der Waals surface area contributed by atoms with Crippen LogP contribution < -0.4 is 0 Å². The second-order valence-corrected chi connectivity index (χ2v) is 0. The van der Waals surface area contributed by atoms with Crippen molar-refractivity contribution >= 4 is 0 Å². The van der Waals surface area contributed by atoms with E-state index in [2.05, 4.69) is 0 Å². The van der Waals surface area contributed by atoms with E-state index in [1.54, 1.807) is 0 Å². The van der Waals surface area contributed by atoms with Crippen molar-refractivity contribution < 1.29 is 102 Å². The Morgan fingerprint density at radius 1 is 0.167 bits per heavy atom. The molecule has 6 heteroatoms. The number of hydrogen-bond acceptors (Lipinski definition) is 0. The third-order valence-corrected chi connectivity index (χ3v) is 0. The van der Waals surface area contributed by atoms with E-state index >= 15 is 0 Å². The summed E-state index contributed by atoms with van der Waals surface area (Å²) in [7, 11) is 0. The maximum atomic E-state index is 0. The molecule has 0 aliphatic rings. The van der Waals surface area contributed by atoms with Gasteiger partial charge in [-0.3, -0.25) is 0 Å². The Morgan fingerprint density at radius 2 is 0.167 bits per heavy atom. The minimum absolute atomic E-state index is 0. The van der Waals surface area contributed by atoms with Crippen LogP contribution in [0.25, 0.3) is 0 Å². The third kappa shape index (κ3) is 27.4. The molecule has 0 spiro atoms. The molecule has 66 valence electrons. The van der Waals surface area contributed by atoms with E-state index in [0.717, 1.165) is 0 Å². The van der Waals surface area contributed by atoms with E-state index in [1.165, 1.54) is 0 Å². The van der Waals surface area contributed by atoms with Gasteiger partial charge in [0.2, 0.25) is 0 Å². The average molecular weight is 381 g/mol. The van der Waals surface area contributed by atoms with Gasteiger partial charge in [-0.15, -0.1) is 0 Å². The van der Waals surface area contributed by atoms with E-state index in [4.69, 9.17) is 0 Å². The first-order valence-electron chi connectivity index (χ1n) is 0. The van der Waals surface area contributed by atoms with Crippen molar-refractivity contribution in [2.24, 2.45) is 0 Å². The van der Waals surface area contributed by atoms with Crippen molar-refractivity contribution in [2.75, 3.05) is 0 Å². The summed E-state index contributed by atoms with van der Waals surface area (Å²) in [5.74, 6) is 0. The van der Waals surface area contributed by atoms with Crippen molar-refractivity contribution in [3.05, 3.63) is 0 Å². The first kappa shape index (κ1) is 61.8. The molecule has 0 bridgehead atoms. The second-order valence-electron chi connectivity index (χ2n) is 0. The van der Waals surface area contributed by atoms with Gasteiger partial charge in [0.1, 0.15) is 0 Å². The molecule has 0 aromatic heterocycles. The molecule has 0 fully saturated rings. The molecule has 0 aliphatic carbocycles. The summed E-state index contributed by atoms with van der Waals surface area (Å²) in [6, 6.07) is 0. The number of rotatable bonds is 0. The van der Waals surface area contributed by atoms with Crippen molar-refractivity contribution in [3.8, 4) is 0 Å². The Kier molecular flexibility index (Phi) is 436. The molecule has 0 aromatic rings. The average Bonchev–Trinajstić information content (AvgIpc) is 0. The molecule has 6 radical (unpaired) electrons. The Labute approximate surface area is 101 Å². The molecule has 0 rings (SSSR count). The molecule has 0 aromatic carbocycles. The zero-order valence-electron chi connectivity index (χ0n) is 1.81. The molecule has 0 amide bonds. The molecular formula is Cu6. The zero-order valence-corrected chi connectivity index (χ0v) is 7.46. The molecule has 0 saturated heterocycles. The fourth-order valence-corrected chi connectivity index (χ4v) is 0. The van der Waals surface area contributed by atoms with Crippen molar-refractivity contribution in [2.45, 2.75) is 0 Å². The van der Waals surface area contributed by atoms with Crippen LogP contribution in [0.1, 0.15) is 0 Å². The smallest absolute Gasteiger partial charge is 0 e. The van der Waals surface area contributed by atoms with Gasteiger partial charge in [-0.05, 0) is 0 Å². The van der Waals surface area contributed by atoms with Crippen LogP contribution >= 0.6 is 0 Å². The van der Waals surface area contributed by atoms with E-state index in [-0.39, 0.29) is 102 Å². The van der Waals surface area contributed by atoms with Gasteiger partial charge in [0.25, 0.3) is 0 Å². The monoisotopic (exact) mass is 378 g/mol. The molecule has 0 N–H and O–H groups in total. The van der Waals surface area contributed by atoms with Gasteiger partial charge < -0.3 is 0 Å². The van der Waals surface area contributed by atoms with E-state index in [1.807, 2.05) is 0 Å². The van der Waals surface area contributed by atoms with E-state index < -0.39 is 0 Å². The normalized spacial score (nSPS) is 0. The second kappa shape index (κ2) is 42.3. The van der Waals surface area contributed by atoms with Crippen LogP contribution in [0.4, 0.5) is 0 Å². The number of hydrogen-bond donors (Lipinski definition) is 0. The fourth-order valence-electron chi connectivity index (χ4n) is 0. The Balaban J connectivity index is 0. The van der Waals surface area contributed by atoms with E-state index in [0.29, 0.717) is 0 Å². The predicted molar refractivity (Wildman–Crippen MR) is 0 cm³/mol. The summed E-state index contributed by atoms with van der Waals surface area (Å²) in [5, 5.41) is 0. The van der Waals surface area contributed by atoms with Crippen LogP contribution in [0.5, 0.6) is 0 Å². The Morgan fingerprint density at radius 3 is 0.167 bits per heavy atom. The summed E-state index contributed by atoms with van der Waals surface area (Å²) in [4.78, 5) is 0. The molecule has 0 saturated carbocycles. The minimum Gasteiger partial charge on any atom is 0 e. The zero-order chi connectivity index (χ0) is 0. The maximum absolute atomic E-state index is 0. The summed E-state index contributed by atoms with van der Waals surface area (Å²) in [6.45, 7) is 0. The SMILES string of the molecule is [Cu].[Cu].[Cu].[Cu].[Cu].[Cu]. The summed E-state index contributed by atoms with van der Waals surface area (Å²) >= 11 is 0. The van der Waals surface area contributed by atoms with Crippen molar-refractivity contribution in [1.82, 2.24) is 0 Å². The molecule has 6 heavy (non-hydrogen) atoms. The van der Waals surface area contributed by atoms with Gasteiger partial charge in [0, 0.05) is 102 Å². The largest absolute Gasteiger partial charge is 0 e. The maximum Gasteiger partial charge on any atom is 0 e. The van der Waals surface area contributed by atoms with Crippen molar-refractivity contribution in [3.63, 3.8) is 0 Å². The topological polar surface area (TPSA) is 0 Å². The van der Waals surface area contributed by atoms with Gasteiger partial charge in [0.05, 0.1) is 0 Å². The van der Waals surface area contributed by atoms with Gasteiger partial charge in [0.15, 0.2) is 0 Å². The van der Waals surface area contributed by atoms with Crippen LogP contribution in [-0.2, 0) is 102 Å². The Bertz CT molecular complexity index is 0. The molecule has 0 heterocycles. The van der Waals surface area contributed by atoms with Gasteiger partial charge in [-0.25, -0.2) is 0 Å². The molecule has 0 aliphatic heterocycles. The molecule has 0 unspecified atom stereocenters. The predicted octanol–water partition coefficient (Wildman–Crippen LogP) is -0.0150. The molecular weight excluding hydrogens is 381 g/mol. The van der Waals surface area contributed by atoms with Gasteiger partial charge in [-0.1, -0.05) is 0 Å². The van der Waals surface area contributed by atoms with E-state index in [9.17, 15) is 0 Å². The van der Waals surface area contributed by atoms with Gasteiger partial charge in [-0.2, -0.15) is 0 Å². The van der Waals surface area contributed by atoms with Crippen molar-refractivity contribution in [1.29, 1.82) is 0 Å². The van der Waals surface area contributed by atoms with Crippen LogP contribution in [0.3, 0.4) is 0 Å². The third-order valence-electron chi connectivity index (χ3n) is 0. The van der Waals surface area contributed by atoms with Gasteiger partial charge >= 0.3 is 0 Å². The minimum atomic E-state index is 0. The van der Waals surface area contributed by atoms with Crippen LogP contribution in [-0.4, -0.2) is 0 Å². The summed E-state index contributed by atoms with van der Waals surface area (Å²) in [5.41, 5.74) is 0. The van der Waals surface area contributed by atoms with Crippen LogP contribution in [0.15, 0.2) is 0 Å². The van der Waals surface area contributed by atoms with Crippen LogP contribution in [0, 0.1) is 0 Å².